The summed E-state index contributed by atoms with van der Waals surface area (Å²) in [5.41, 5.74) is 0.253. The smallest absolute Gasteiger partial charge is 0.387 e. The number of alkyl halides is 2. The maximum absolute atomic E-state index is 13.4. The second-order valence-corrected chi connectivity index (χ2v) is 7.18. The molecule has 34 heavy (non-hydrogen) atoms. The lowest BCUT2D eigenvalue weighted by molar-refractivity contribution is -0.116. The van der Waals surface area contributed by atoms with Gasteiger partial charge in [-0.05, 0) is 36.9 Å². The van der Waals surface area contributed by atoms with Crippen LogP contribution in [0.2, 0.25) is 0 Å². The minimum atomic E-state index is -3.11. The number of likely N-dealkylation sites (N-methyl/N-ethyl adjacent to an activating group) is 1. The summed E-state index contributed by atoms with van der Waals surface area (Å²) in [5.74, 6) is -3.13. The van der Waals surface area contributed by atoms with Crippen molar-refractivity contribution < 1.29 is 41.7 Å². The minimum Gasteiger partial charge on any atom is -0.488 e. The largest absolute Gasteiger partial charge is 0.488 e. The first kappa shape index (κ1) is 25.3. The summed E-state index contributed by atoms with van der Waals surface area (Å²) in [6.45, 7) is 0.636. The van der Waals surface area contributed by atoms with Crippen LogP contribution in [0.1, 0.15) is 6.92 Å². The molecule has 0 bridgehead atoms. The lowest BCUT2D eigenvalue weighted by atomic mass is 10.2. The minimum absolute atomic E-state index is 0.0119. The van der Waals surface area contributed by atoms with Crippen LogP contribution in [0, 0.1) is 11.6 Å². The molecule has 0 spiro atoms. The number of nitrogens with zero attached hydrogens (tertiary/aromatic N) is 2. The molecule has 1 aliphatic heterocycles. The Kier molecular flexibility index (Phi) is 8.72. The molecule has 7 nitrogen and oxygen atoms in total. The van der Waals surface area contributed by atoms with Crippen LogP contribution in [-0.4, -0.2) is 61.9 Å². The average Bonchev–Trinajstić information content (AvgIpc) is 3.16. The van der Waals surface area contributed by atoms with E-state index in [2.05, 4.69) is 4.74 Å². The van der Waals surface area contributed by atoms with E-state index in [1.165, 1.54) is 35.2 Å². The number of benzene rings is 2. The molecule has 2 aromatic carbocycles. The fourth-order valence-corrected chi connectivity index (χ4v) is 3.28. The lowest BCUT2D eigenvalue weighted by Crippen LogP contribution is -2.31. The molecular formula is C23H24F4N2O5. The molecule has 0 saturated heterocycles. The first-order valence-corrected chi connectivity index (χ1v) is 10.5. The molecular weight excluding hydrogens is 460 g/mol. The fraction of sp³-hybridized carbons (Fsp3) is 0.348. The number of ether oxygens (including phenoxy) is 3. The van der Waals surface area contributed by atoms with Crippen LogP contribution in [0.15, 0.2) is 48.2 Å². The van der Waals surface area contributed by atoms with Crippen molar-refractivity contribution in [1.82, 2.24) is 4.90 Å². The highest BCUT2D eigenvalue weighted by atomic mass is 19.3. The number of carbonyl (C=O) groups is 1. The number of halogens is 4. The van der Waals surface area contributed by atoms with Crippen molar-refractivity contribution in [1.29, 1.82) is 0 Å². The Morgan fingerprint density at radius 3 is 2.56 bits per heavy atom. The van der Waals surface area contributed by atoms with Gasteiger partial charge in [0.05, 0.1) is 6.61 Å². The highest BCUT2D eigenvalue weighted by Gasteiger charge is 2.28. The third-order valence-corrected chi connectivity index (χ3v) is 5.02. The summed E-state index contributed by atoms with van der Waals surface area (Å²) < 4.78 is 68.0. The number of anilines is 1. The number of hydrogen-bond donors (Lipinski definition) is 1. The van der Waals surface area contributed by atoms with E-state index in [-0.39, 0.29) is 48.5 Å². The normalized spacial score (nSPS) is 13.6. The van der Waals surface area contributed by atoms with Gasteiger partial charge in [-0.2, -0.15) is 8.78 Å². The van der Waals surface area contributed by atoms with Crippen molar-refractivity contribution in [3.05, 3.63) is 59.9 Å². The number of aliphatic hydroxyl groups excluding tert-OH is 1. The highest BCUT2D eigenvalue weighted by molar-refractivity contribution is 6.07. The number of rotatable bonds is 12. The molecule has 1 heterocycles. The van der Waals surface area contributed by atoms with Gasteiger partial charge in [0.2, 0.25) is 0 Å². The van der Waals surface area contributed by atoms with Gasteiger partial charge >= 0.3 is 6.61 Å². The molecule has 0 radical (unpaired) electrons. The molecule has 0 atom stereocenters. The first-order chi connectivity index (χ1) is 16.3. The summed E-state index contributed by atoms with van der Waals surface area (Å²) in [4.78, 5) is 15.9. The van der Waals surface area contributed by atoms with E-state index in [1.807, 2.05) is 11.8 Å². The molecule has 0 aromatic heterocycles. The quantitative estimate of drug-likeness (QED) is 0.465. The molecule has 2 aromatic rings. The van der Waals surface area contributed by atoms with Crippen LogP contribution < -0.4 is 19.1 Å². The Labute approximate surface area is 193 Å². The Morgan fingerprint density at radius 2 is 1.88 bits per heavy atom. The molecule has 1 N–H and O–H groups in total. The van der Waals surface area contributed by atoms with Crippen LogP contribution >= 0.6 is 0 Å². The van der Waals surface area contributed by atoms with Gasteiger partial charge in [-0.3, -0.25) is 9.69 Å². The molecule has 0 saturated carbocycles. The predicted octanol–water partition coefficient (Wildman–Crippen LogP) is 3.57. The third kappa shape index (κ3) is 6.39. The molecule has 11 heteroatoms. The predicted molar refractivity (Wildman–Crippen MR) is 115 cm³/mol. The number of aliphatic hydroxyl groups is 1. The maximum atomic E-state index is 13.4. The van der Waals surface area contributed by atoms with E-state index in [9.17, 15) is 22.4 Å². The second kappa shape index (κ2) is 11.7. The standard InChI is InChI=1S/C23H24F4N2O5/c1-2-28(9-11-30)10-12-32-19-6-3-15(13-21(19)34-23(26)27)29-8-7-20(22(29)31)33-16-4-5-17(24)18(25)14-16/h3-7,13-14,23,30H,2,8-12H2,1H3. The number of amides is 1. The monoisotopic (exact) mass is 484 g/mol. The van der Waals surface area contributed by atoms with E-state index in [0.717, 1.165) is 12.1 Å². The first-order valence-electron chi connectivity index (χ1n) is 10.5. The molecule has 0 unspecified atom stereocenters. The van der Waals surface area contributed by atoms with Gasteiger partial charge in [0, 0.05) is 37.5 Å². The van der Waals surface area contributed by atoms with Gasteiger partial charge in [-0.1, -0.05) is 6.92 Å². The van der Waals surface area contributed by atoms with Crippen LogP contribution in [0.3, 0.4) is 0 Å². The van der Waals surface area contributed by atoms with Crippen molar-refractivity contribution in [2.24, 2.45) is 0 Å². The van der Waals surface area contributed by atoms with Crippen molar-refractivity contribution >= 4 is 11.6 Å². The highest BCUT2D eigenvalue weighted by Crippen LogP contribution is 2.35. The summed E-state index contributed by atoms with van der Waals surface area (Å²) in [6.07, 6.45) is 1.43. The third-order valence-electron chi connectivity index (χ3n) is 5.02. The van der Waals surface area contributed by atoms with Crippen LogP contribution in [0.5, 0.6) is 17.2 Å². The maximum Gasteiger partial charge on any atom is 0.387 e. The Hall–Kier alpha value is -3.31. The van der Waals surface area contributed by atoms with E-state index in [1.54, 1.807) is 0 Å². The van der Waals surface area contributed by atoms with Crippen molar-refractivity contribution in [3.63, 3.8) is 0 Å². The molecule has 0 aliphatic carbocycles. The molecule has 184 valence electrons. The zero-order valence-electron chi connectivity index (χ0n) is 18.3. The fourth-order valence-electron chi connectivity index (χ4n) is 3.28. The van der Waals surface area contributed by atoms with Gasteiger partial charge in [0.25, 0.3) is 5.91 Å². The lowest BCUT2D eigenvalue weighted by Gasteiger charge is -2.21. The molecule has 1 aliphatic rings. The van der Waals surface area contributed by atoms with E-state index < -0.39 is 24.2 Å². The van der Waals surface area contributed by atoms with Crippen molar-refractivity contribution in [2.75, 3.05) is 44.3 Å². The SMILES string of the molecule is CCN(CCO)CCOc1ccc(N2CC=C(Oc3ccc(F)c(F)c3)C2=O)cc1OC(F)F. The molecule has 3 rings (SSSR count). The summed E-state index contributed by atoms with van der Waals surface area (Å²) in [5, 5.41) is 9.04. The summed E-state index contributed by atoms with van der Waals surface area (Å²) >= 11 is 0. The van der Waals surface area contributed by atoms with E-state index >= 15 is 0 Å². The van der Waals surface area contributed by atoms with Gasteiger partial charge in [-0.25, -0.2) is 8.78 Å². The van der Waals surface area contributed by atoms with Gasteiger partial charge < -0.3 is 24.2 Å². The second-order valence-electron chi connectivity index (χ2n) is 7.18. The Balaban J connectivity index is 1.70. The van der Waals surface area contributed by atoms with E-state index in [4.69, 9.17) is 14.6 Å². The van der Waals surface area contributed by atoms with Crippen LogP contribution in [0.25, 0.3) is 0 Å². The van der Waals surface area contributed by atoms with Crippen LogP contribution in [0.4, 0.5) is 23.2 Å². The number of carbonyl (C=O) groups excluding carboxylic acids is 1. The van der Waals surface area contributed by atoms with Crippen molar-refractivity contribution in [2.45, 2.75) is 13.5 Å². The summed E-state index contributed by atoms with van der Waals surface area (Å²) in [6, 6.07) is 7.03. The topological polar surface area (TPSA) is 71.5 Å². The van der Waals surface area contributed by atoms with Crippen LogP contribution in [-0.2, 0) is 4.79 Å². The zero-order valence-corrected chi connectivity index (χ0v) is 18.3. The zero-order chi connectivity index (χ0) is 24.7. The van der Waals surface area contributed by atoms with E-state index in [0.29, 0.717) is 19.6 Å². The molecule has 1 amide bonds. The Morgan fingerprint density at radius 1 is 1.09 bits per heavy atom. The van der Waals surface area contributed by atoms with Gasteiger partial charge in [0.15, 0.2) is 28.9 Å². The molecule has 0 fully saturated rings. The van der Waals surface area contributed by atoms with Gasteiger partial charge in [0.1, 0.15) is 12.4 Å². The average molecular weight is 484 g/mol. The Bertz CT molecular complexity index is 1030. The summed E-state index contributed by atoms with van der Waals surface area (Å²) in [7, 11) is 0. The number of hydrogen-bond acceptors (Lipinski definition) is 6. The van der Waals surface area contributed by atoms with Crippen molar-refractivity contribution in [3.8, 4) is 17.2 Å². The van der Waals surface area contributed by atoms with Gasteiger partial charge in [-0.15, -0.1) is 0 Å².